The number of benzene rings is 2. The Hall–Kier alpha value is -1.84. The van der Waals surface area contributed by atoms with Crippen LogP contribution >= 0.6 is 0 Å². The van der Waals surface area contributed by atoms with Crippen LogP contribution in [0, 0.1) is 0 Å². The number of halogens is 4. The number of alkyl halides is 4. The second-order valence-corrected chi connectivity index (χ2v) is 5.02. The van der Waals surface area contributed by atoms with Gasteiger partial charge in [0.2, 0.25) is 0 Å². The monoisotopic (exact) mass is 280 g/mol. The Morgan fingerprint density at radius 2 is 0.850 bits per heavy atom. The van der Waals surface area contributed by atoms with Gasteiger partial charge in [0.25, 0.3) is 0 Å². The lowest BCUT2D eigenvalue weighted by molar-refractivity contribution is -0.306. The van der Waals surface area contributed by atoms with Gasteiger partial charge in [0.05, 0.1) is 11.8 Å². The maximum atomic E-state index is 13.9. The molecular weight excluding hydrogens is 268 g/mol. The number of hydrogen-bond donors (Lipinski definition) is 0. The van der Waals surface area contributed by atoms with Gasteiger partial charge in [-0.2, -0.15) is 17.6 Å². The molecule has 2 aromatic carbocycles. The van der Waals surface area contributed by atoms with Crippen LogP contribution < -0.4 is 0 Å². The first-order valence-electron chi connectivity index (χ1n) is 6.32. The van der Waals surface area contributed by atoms with Gasteiger partial charge in [0.15, 0.2) is 0 Å². The van der Waals surface area contributed by atoms with Crippen LogP contribution in [0.1, 0.15) is 23.0 Å². The van der Waals surface area contributed by atoms with Gasteiger partial charge in [0.1, 0.15) is 0 Å². The van der Waals surface area contributed by atoms with E-state index in [9.17, 15) is 17.6 Å². The lowest BCUT2D eigenvalue weighted by Crippen LogP contribution is -2.63. The Kier molecular flexibility index (Phi) is 2.85. The molecule has 1 aliphatic carbocycles. The predicted octanol–water partition coefficient (Wildman–Crippen LogP) is 4.84. The number of rotatable bonds is 2. The van der Waals surface area contributed by atoms with E-state index in [2.05, 4.69) is 0 Å². The molecule has 2 aromatic rings. The van der Waals surface area contributed by atoms with Crippen LogP contribution in [0.4, 0.5) is 17.6 Å². The fourth-order valence-corrected chi connectivity index (χ4v) is 2.86. The molecule has 0 amide bonds. The summed E-state index contributed by atoms with van der Waals surface area (Å²) in [5.41, 5.74) is 0.495. The van der Waals surface area contributed by atoms with Crippen LogP contribution in [0.15, 0.2) is 60.7 Å². The lowest BCUT2D eigenvalue weighted by atomic mass is 9.61. The van der Waals surface area contributed by atoms with Gasteiger partial charge < -0.3 is 0 Å². The molecule has 0 aliphatic heterocycles. The Morgan fingerprint density at radius 1 is 0.550 bits per heavy atom. The van der Waals surface area contributed by atoms with Gasteiger partial charge in [-0.1, -0.05) is 60.7 Å². The highest BCUT2D eigenvalue weighted by Gasteiger charge is 2.78. The number of hydrogen-bond acceptors (Lipinski definition) is 0. The SMILES string of the molecule is FC1(F)C(c2ccccc2)C(c2ccccc2)C1(F)F. The molecule has 0 spiro atoms. The third-order valence-corrected chi connectivity index (χ3v) is 3.88. The normalized spacial score (nSPS) is 26.8. The molecule has 0 nitrogen and oxygen atoms in total. The molecule has 20 heavy (non-hydrogen) atoms. The summed E-state index contributed by atoms with van der Waals surface area (Å²) in [4.78, 5) is 0. The Balaban J connectivity index is 2.07. The van der Waals surface area contributed by atoms with E-state index in [1.807, 2.05) is 0 Å². The summed E-state index contributed by atoms with van der Waals surface area (Å²) in [6.45, 7) is 0. The van der Waals surface area contributed by atoms with E-state index in [-0.39, 0.29) is 11.1 Å². The fraction of sp³-hybridized carbons (Fsp3) is 0.250. The maximum absolute atomic E-state index is 13.9. The van der Waals surface area contributed by atoms with Gasteiger partial charge >= 0.3 is 11.8 Å². The quantitative estimate of drug-likeness (QED) is 0.691. The zero-order chi connectivity index (χ0) is 14.4. The van der Waals surface area contributed by atoms with Crippen LogP contribution in [0.3, 0.4) is 0 Å². The molecular formula is C16H12F4. The molecule has 0 aromatic heterocycles. The van der Waals surface area contributed by atoms with E-state index in [1.165, 1.54) is 24.3 Å². The van der Waals surface area contributed by atoms with Gasteiger partial charge in [-0.25, -0.2) is 0 Å². The molecule has 0 N–H and O–H groups in total. The average Bonchev–Trinajstić information content (AvgIpc) is 2.45. The minimum atomic E-state index is -4.02. The lowest BCUT2D eigenvalue weighted by Gasteiger charge is -2.51. The van der Waals surface area contributed by atoms with Crippen molar-refractivity contribution in [1.29, 1.82) is 0 Å². The molecule has 1 fully saturated rings. The summed E-state index contributed by atoms with van der Waals surface area (Å²) in [7, 11) is 0. The molecule has 0 saturated heterocycles. The Morgan fingerprint density at radius 3 is 1.15 bits per heavy atom. The van der Waals surface area contributed by atoms with E-state index in [0.717, 1.165) is 0 Å². The highest BCUT2D eigenvalue weighted by atomic mass is 19.3. The summed E-state index contributed by atoms with van der Waals surface area (Å²) in [6, 6.07) is 15.6. The summed E-state index contributed by atoms with van der Waals surface area (Å²) < 4.78 is 55.4. The highest BCUT2D eigenvalue weighted by Crippen LogP contribution is 2.67. The van der Waals surface area contributed by atoms with Crippen molar-refractivity contribution in [3.63, 3.8) is 0 Å². The molecule has 3 rings (SSSR count). The molecule has 0 bridgehead atoms. The van der Waals surface area contributed by atoms with E-state index in [4.69, 9.17) is 0 Å². The van der Waals surface area contributed by atoms with E-state index in [0.29, 0.717) is 0 Å². The second-order valence-electron chi connectivity index (χ2n) is 5.02. The maximum Gasteiger partial charge on any atom is 0.318 e. The standard InChI is InChI=1S/C16H12F4/c17-15(18)13(11-7-3-1-4-8-11)14(16(15,19)20)12-9-5-2-6-10-12/h1-10,13-14H. The third-order valence-electron chi connectivity index (χ3n) is 3.88. The Labute approximate surface area is 114 Å². The van der Waals surface area contributed by atoms with Crippen molar-refractivity contribution >= 4 is 0 Å². The first-order valence-corrected chi connectivity index (χ1v) is 6.32. The fourth-order valence-electron chi connectivity index (χ4n) is 2.86. The van der Waals surface area contributed by atoms with Crippen LogP contribution in [0.2, 0.25) is 0 Å². The molecule has 0 heterocycles. The first-order chi connectivity index (χ1) is 9.46. The van der Waals surface area contributed by atoms with Crippen molar-refractivity contribution in [2.75, 3.05) is 0 Å². The third kappa shape index (κ3) is 1.67. The summed E-state index contributed by atoms with van der Waals surface area (Å²) in [6.07, 6.45) is 0. The van der Waals surface area contributed by atoms with E-state index < -0.39 is 23.7 Å². The van der Waals surface area contributed by atoms with Crippen LogP contribution in [0.25, 0.3) is 0 Å². The van der Waals surface area contributed by atoms with Crippen molar-refractivity contribution in [3.05, 3.63) is 71.8 Å². The van der Waals surface area contributed by atoms with Crippen molar-refractivity contribution in [2.45, 2.75) is 23.7 Å². The summed E-state index contributed by atoms with van der Waals surface area (Å²) in [5, 5.41) is 0. The van der Waals surface area contributed by atoms with Gasteiger partial charge in [-0.3, -0.25) is 0 Å². The molecule has 1 aliphatic rings. The molecule has 4 heteroatoms. The van der Waals surface area contributed by atoms with Gasteiger partial charge in [0, 0.05) is 0 Å². The molecule has 2 unspecified atom stereocenters. The molecule has 0 radical (unpaired) electrons. The van der Waals surface area contributed by atoms with Crippen molar-refractivity contribution in [1.82, 2.24) is 0 Å². The van der Waals surface area contributed by atoms with Crippen molar-refractivity contribution in [3.8, 4) is 0 Å². The topological polar surface area (TPSA) is 0 Å². The van der Waals surface area contributed by atoms with Crippen molar-refractivity contribution in [2.24, 2.45) is 0 Å². The zero-order valence-electron chi connectivity index (χ0n) is 10.4. The smallest absolute Gasteiger partial charge is 0.199 e. The van der Waals surface area contributed by atoms with Crippen LogP contribution in [-0.4, -0.2) is 11.8 Å². The average molecular weight is 280 g/mol. The summed E-state index contributed by atoms with van der Waals surface area (Å²) >= 11 is 0. The zero-order valence-corrected chi connectivity index (χ0v) is 10.4. The van der Waals surface area contributed by atoms with Crippen LogP contribution in [0.5, 0.6) is 0 Å². The molecule has 1 saturated carbocycles. The second kappa shape index (κ2) is 4.33. The van der Waals surface area contributed by atoms with Gasteiger partial charge in [-0.15, -0.1) is 0 Å². The largest absolute Gasteiger partial charge is 0.318 e. The van der Waals surface area contributed by atoms with Crippen LogP contribution in [-0.2, 0) is 0 Å². The Bertz CT molecular complexity index is 537. The van der Waals surface area contributed by atoms with E-state index >= 15 is 0 Å². The molecule has 2 atom stereocenters. The minimum absolute atomic E-state index is 0.247. The van der Waals surface area contributed by atoms with Crippen molar-refractivity contribution < 1.29 is 17.6 Å². The molecule has 104 valence electrons. The highest BCUT2D eigenvalue weighted by molar-refractivity contribution is 5.40. The van der Waals surface area contributed by atoms with E-state index in [1.54, 1.807) is 36.4 Å². The van der Waals surface area contributed by atoms with Gasteiger partial charge in [-0.05, 0) is 11.1 Å². The predicted molar refractivity (Wildman–Crippen MR) is 68.3 cm³/mol. The summed E-state index contributed by atoms with van der Waals surface area (Å²) in [5.74, 6) is -11.0. The minimum Gasteiger partial charge on any atom is -0.199 e. The first kappa shape index (κ1) is 13.2.